The first-order valence-corrected chi connectivity index (χ1v) is 4.17. The van der Waals surface area contributed by atoms with Gasteiger partial charge in [-0.3, -0.25) is 0 Å². The quantitative estimate of drug-likeness (QED) is 0.608. The Bertz CT molecular complexity index is 247. The van der Waals surface area contributed by atoms with Gasteiger partial charge >= 0.3 is 0 Å². The van der Waals surface area contributed by atoms with Gasteiger partial charge in [0.05, 0.1) is 17.7 Å². The van der Waals surface area contributed by atoms with Crippen molar-refractivity contribution in [2.24, 2.45) is 11.1 Å². The third-order valence-electron chi connectivity index (χ3n) is 1.78. The lowest BCUT2D eigenvalue weighted by molar-refractivity contribution is 0.399. The smallest absolute Gasteiger partial charge is 0.0983 e. The van der Waals surface area contributed by atoms with Gasteiger partial charge in [0.2, 0.25) is 0 Å². The highest BCUT2D eigenvalue weighted by Gasteiger charge is 2.23. The molecule has 13 heavy (non-hydrogen) atoms. The first kappa shape index (κ1) is 11.6. The van der Waals surface area contributed by atoms with E-state index in [-0.39, 0.29) is 5.92 Å². The van der Waals surface area contributed by atoms with Crippen molar-refractivity contribution in [2.45, 2.75) is 38.6 Å². The lowest BCUT2D eigenvalue weighted by atomic mass is 9.89. The summed E-state index contributed by atoms with van der Waals surface area (Å²) in [5, 5.41) is 20.0. The molecular formula is C9H13N3O. The van der Waals surface area contributed by atoms with Crippen LogP contribution in [0.25, 0.3) is 0 Å². The highest BCUT2D eigenvalue weighted by Crippen LogP contribution is 2.22. The molecule has 0 heterocycles. The summed E-state index contributed by atoms with van der Waals surface area (Å²) in [6.07, 6.45) is 1.30. The number of rotatable bonds is 5. The Labute approximate surface area is 78.1 Å². The molecule has 4 heteroatoms. The average Bonchev–Trinajstić information content (AvgIpc) is 2.12. The minimum atomic E-state index is -0.699. The fourth-order valence-corrected chi connectivity index (χ4v) is 1.09. The Morgan fingerprint density at radius 3 is 2.46 bits per heavy atom. The SMILES string of the molecule is CC(C)(CC(C#N)CCC#N)N=O. The second kappa shape index (κ2) is 5.27. The first-order chi connectivity index (χ1) is 6.05. The molecule has 0 aromatic heterocycles. The molecule has 0 aliphatic rings. The van der Waals surface area contributed by atoms with Crippen LogP contribution in [0.5, 0.6) is 0 Å². The summed E-state index contributed by atoms with van der Waals surface area (Å²) in [7, 11) is 0. The van der Waals surface area contributed by atoms with Gasteiger partial charge in [-0.05, 0) is 26.7 Å². The van der Waals surface area contributed by atoms with Gasteiger partial charge in [-0.2, -0.15) is 15.4 Å². The largest absolute Gasteiger partial charge is 0.198 e. The van der Waals surface area contributed by atoms with Crippen molar-refractivity contribution in [3.8, 4) is 12.1 Å². The van der Waals surface area contributed by atoms with E-state index in [1.807, 2.05) is 6.07 Å². The Balaban J connectivity index is 4.08. The van der Waals surface area contributed by atoms with E-state index < -0.39 is 5.54 Å². The van der Waals surface area contributed by atoms with Crippen molar-refractivity contribution in [1.29, 1.82) is 10.5 Å². The van der Waals surface area contributed by atoms with Gasteiger partial charge in [0.1, 0.15) is 0 Å². The van der Waals surface area contributed by atoms with Gasteiger partial charge in [-0.1, -0.05) is 5.18 Å². The molecule has 0 saturated heterocycles. The molecule has 0 N–H and O–H groups in total. The normalized spacial score (nSPS) is 12.6. The first-order valence-electron chi connectivity index (χ1n) is 4.17. The van der Waals surface area contributed by atoms with Crippen molar-refractivity contribution >= 4 is 0 Å². The van der Waals surface area contributed by atoms with Gasteiger partial charge in [-0.25, -0.2) is 0 Å². The maximum Gasteiger partial charge on any atom is 0.0983 e. The van der Waals surface area contributed by atoms with Crippen LogP contribution in [0, 0.1) is 33.5 Å². The van der Waals surface area contributed by atoms with Crippen molar-refractivity contribution in [3.05, 3.63) is 4.91 Å². The Hall–Kier alpha value is -1.42. The molecule has 0 bridgehead atoms. The maximum atomic E-state index is 10.3. The van der Waals surface area contributed by atoms with E-state index >= 15 is 0 Å². The van der Waals surface area contributed by atoms with Crippen LogP contribution in [0.4, 0.5) is 0 Å². The van der Waals surface area contributed by atoms with Crippen LogP contribution in [0.15, 0.2) is 5.18 Å². The zero-order valence-corrected chi connectivity index (χ0v) is 7.95. The van der Waals surface area contributed by atoms with Crippen LogP contribution < -0.4 is 0 Å². The van der Waals surface area contributed by atoms with Crippen molar-refractivity contribution in [3.63, 3.8) is 0 Å². The molecule has 1 atom stereocenters. The fraction of sp³-hybridized carbons (Fsp3) is 0.778. The van der Waals surface area contributed by atoms with Gasteiger partial charge in [0.15, 0.2) is 0 Å². The summed E-state index contributed by atoms with van der Waals surface area (Å²) in [6.45, 7) is 3.38. The molecule has 1 unspecified atom stereocenters. The molecule has 0 fully saturated rings. The summed E-state index contributed by atoms with van der Waals surface area (Å²) >= 11 is 0. The fourth-order valence-electron chi connectivity index (χ4n) is 1.09. The van der Waals surface area contributed by atoms with E-state index in [4.69, 9.17) is 10.5 Å². The molecule has 0 aliphatic carbocycles. The lowest BCUT2D eigenvalue weighted by Crippen LogP contribution is -2.20. The predicted octanol–water partition coefficient (Wildman–Crippen LogP) is 2.37. The maximum absolute atomic E-state index is 10.3. The number of hydrogen-bond donors (Lipinski definition) is 0. The summed E-state index contributed by atoms with van der Waals surface area (Å²) in [6, 6.07) is 4.05. The Kier molecular flexibility index (Phi) is 4.69. The number of nitriles is 2. The van der Waals surface area contributed by atoms with Crippen LogP contribution in [0.1, 0.15) is 33.1 Å². The molecule has 0 aliphatic heterocycles. The summed E-state index contributed by atoms with van der Waals surface area (Å²) in [5.74, 6) is -0.243. The van der Waals surface area contributed by atoms with E-state index in [0.717, 1.165) is 0 Å². The van der Waals surface area contributed by atoms with Gasteiger partial charge < -0.3 is 0 Å². The number of nitroso groups, excluding NO2 is 1. The summed E-state index contributed by atoms with van der Waals surface area (Å²) < 4.78 is 0. The second-order valence-electron chi connectivity index (χ2n) is 3.63. The van der Waals surface area contributed by atoms with Crippen LogP contribution in [0.3, 0.4) is 0 Å². The van der Waals surface area contributed by atoms with Gasteiger partial charge in [0.25, 0.3) is 0 Å². The molecule has 0 amide bonds. The van der Waals surface area contributed by atoms with E-state index in [9.17, 15) is 4.91 Å². The molecular weight excluding hydrogens is 166 g/mol. The summed E-state index contributed by atoms with van der Waals surface area (Å²) in [4.78, 5) is 10.3. The highest BCUT2D eigenvalue weighted by molar-refractivity contribution is 4.92. The zero-order chi connectivity index (χ0) is 10.3. The third-order valence-corrected chi connectivity index (χ3v) is 1.78. The second-order valence-corrected chi connectivity index (χ2v) is 3.63. The Morgan fingerprint density at radius 2 is 2.08 bits per heavy atom. The molecule has 70 valence electrons. The number of hydrogen-bond acceptors (Lipinski definition) is 4. The highest BCUT2D eigenvalue weighted by atomic mass is 16.3. The van der Waals surface area contributed by atoms with Crippen molar-refractivity contribution < 1.29 is 0 Å². The van der Waals surface area contributed by atoms with E-state index in [1.54, 1.807) is 13.8 Å². The topological polar surface area (TPSA) is 77.0 Å². The molecule has 0 aromatic rings. The van der Waals surface area contributed by atoms with Crippen LogP contribution >= 0.6 is 0 Å². The van der Waals surface area contributed by atoms with Crippen molar-refractivity contribution in [2.75, 3.05) is 0 Å². The summed E-state index contributed by atoms with van der Waals surface area (Å²) in [5.41, 5.74) is -0.699. The predicted molar refractivity (Wildman–Crippen MR) is 48.4 cm³/mol. The number of nitrogens with zero attached hydrogens (tertiary/aromatic N) is 3. The average molecular weight is 179 g/mol. The standard InChI is InChI=1S/C9H13N3O/c1-9(2,12-13)6-8(7-11)4-3-5-10/h8H,3-4,6H2,1-2H3. The molecule has 0 radical (unpaired) electrons. The minimum absolute atomic E-state index is 0.243. The lowest BCUT2D eigenvalue weighted by Gasteiger charge is -2.17. The molecule has 0 saturated carbocycles. The monoisotopic (exact) mass is 179 g/mol. The van der Waals surface area contributed by atoms with Crippen LogP contribution in [-0.2, 0) is 0 Å². The molecule has 4 nitrogen and oxygen atoms in total. The molecule has 0 rings (SSSR count). The van der Waals surface area contributed by atoms with Crippen LogP contribution in [0.2, 0.25) is 0 Å². The molecule has 0 aromatic carbocycles. The minimum Gasteiger partial charge on any atom is -0.198 e. The van der Waals surface area contributed by atoms with Crippen molar-refractivity contribution in [1.82, 2.24) is 0 Å². The van der Waals surface area contributed by atoms with E-state index in [1.165, 1.54) is 0 Å². The van der Waals surface area contributed by atoms with E-state index in [0.29, 0.717) is 19.3 Å². The van der Waals surface area contributed by atoms with E-state index in [2.05, 4.69) is 11.2 Å². The zero-order valence-electron chi connectivity index (χ0n) is 7.95. The van der Waals surface area contributed by atoms with Crippen LogP contribution in [-0.4, -0.2) is 5.54 Å². The van der Waals surface area contributed by atoms with Gasteiger partial charge in [-0.15, -0.1) is 0 Å². The Morgan fingerprint density at radius 1 is 1.46 bits per heavy atom. The van der Waals surface area contributed by atoms with Gasteiger partial charge in [0, 0.05) is 12.3 Å². The molecule has 0 spiro atoms. The third kappa shape index (κ3) is 4.92.